The fraction of sp³-hybridized carbons (Fsp3) is 0.364. The van der Waals surface area contributed by atoms with Gasteiger partial charge in [-0.25, -0.2) is 0 Å². The van der Waals surface area contributed by atoms with Crippen molar-refractivity contribution in [3.8, 4) is 11.4 Å². The third kappa shape index (κ3) is 5.43. The lowest BCUT2D eigenvalue weighted by Crippen LogP contribution is -2.48. The second-order valence-electron chi connectivity index (χ2n) is 7.47. The van der Waals surface area contributed by atoms with Gasteiger partial charge in [-0.1, -0.05) is 54.1 Å². The molecule has 0 unspecified atom stereocenters. The van der Waals surface area contributed by atoms with Crippen molar-refractivity contribution >= 4 is 17.5 Å². The Morgan fingerprint density at radius 3 is 2.57 bits per heavy atom. The maximum Gasteiger partial charge on any atom is 0.222 e. The number of carbonyl (C=O) groups is 1. The molecule has 7 nitrogen and oxygen atoms in total. The van der Waals surface area contributed by atoms with Crippen LogP contribution in [0.4, 0.5) is 0 Å². The van der Waals surface area contributed by atoms with Gasteiger partial charge < -0.3 is 4.90 Å². The molecule has 2 heterocycles. The van der Waals surface area contributed by atoms with Crippen LogP contribution in [0.5, 0.6) is 0 Å². The lowest BCUT2D eigenvalue weighted by Gasteiger charge is -2.34. The smallest absolute Gasteiger partial charge is 0.222 e. The summed E-state index contributed by atoms with van der Waals surface area (Å²) in [5.74, 6) is 0.804. The van der Waals surface area contributed by atoms with Gasteiger partial charge in [-0.2, -0.15) is 4.80 Å². The summed E-state index contributed by atoms with van der Waals surface area (Å²) in [7, 11) is 0. The van der Waals surface area contributed by atoms with Crippen LogP contribution in [-0.2, 0) is 17.9 Å². The predicted octanol–water partition coefficient (Wildman–Crippen LogP) is 3.12. The number of hydrogen-bond donors (Lipinski definition) is 0. The van der Waals surface area contributed by atoms with Crippen molar-refractivity contribution in [2.45, 2.75) is 25.9 Å². The van der Waals surface area contributed by atoms with Crippen LogP contribution in [0.2, 0.25) is 5.02 Å². The lowest BCUT2D eigenvalue weighted by atomic mass is 10.2. The first-order chi connectivity index (χ1) is 14.7. The zero-order chi connectivity index (χ0) is 20.8. The lowest BCUT2D eigenvalue weighted by molar-refractivity contribution is -0.133. The molecule has 1 saturated heterocycles. The highest BCUT2D eigenvalue weighted by Gasteiger charge is 2.21. The number of hydrogen-bond acceptors (Lipinski definition) is 5. The summed E-state index contributed by atoms with van der Waals surface area (Å²) >= 11 is 6.07. The van der Waals surface area contributed by atoms with Crippen LogP contribution < -0.4 is 0 Å². The Labute approximate surface area is 181 Å². The van der Waals surface area contributed by atoms with Crippen LogP contribution in [0.15, 0.2) is 54.6 Å². The topological polar surface area (TPSA) is 67.2 Å². The molecule has 1 aliphatic rings. The molecule has 1 aromatic heterocycles. The highest BCUT2D eigenvalue weighted by molar-refractivity contribution is 6.30. The fourth-order valence-electron chi connectivity index (χ4n) is 3.62. The van der Waals surface area contributed by atoms with Crippen molar-refractivity contribution in [3.63, 3.8) is 0 Å². The minimum Gasteiger partial charge on any atom is -0.340 e. The molecule has 0 radical (unpaired) electrons. The Morgan fingerprint density at radius 2 is 1.80 bits per heavy atom. The predicted molar refractivity (Wildman–Crippen MR) is 116 cm³/mol. The van der Waals surface area contributed by atoms with E-state index in [2.05, 4.69) is 26.4 Å². The number of tetrazole rings is 1. The quantitative estimate of drug-likeness (QED) is 0.583. The third-order valence-corrected chi connectivity index (χ3v) is 5.49. The molecule has 0 aliphatic carbocycles. The molecule has 2 aromatic carbocycles. The Hall–Kier alpha value is -2.77. The highest BCUT2D eigenvalue weighted by Crippen LogP contribution is 2.15. The van der Waals surface area contributed by atoms with Crippen molar-refractivity contribution in [3.05, 3.63) is 65.2 Å². The molecular formula is C22H25ClN6O. The molecule has 1 fully saturated rings. The van der Waals surface area contributed by atoms with Gasteiger partial charge in [0.2, 0.25) is 11.7 Å². The summed E-state index contributed by atoms with van der Waals surface area (Å²) in [5.41, 5.74) is 2.15. The third-order valence-electron chi connectivity index (χ3n) is 5.25. The number of aryl methyl sites for hydroxylation is 1. The number of rotatable bonds is 7. The van der Waals surface area contributed by atoms with Crippen LogP contribution in [0.1, 0.15) is 18.4 Å². The number of benzene rings is 2. The zero-order valence-electron chi connectivity index (χ0n) is 16.8. The molecule has 156 valence electrons. The van der Waals surface area contributed by atoms with Crippen LogP contribution >= 0.6 is 11.6 Å². The molecule has 0 saturated carbocycles. The van der Waals surface area contributed by atoms with Gasteiger partial charge in [-0.3, -0.25) is 9.69 Å². The van der Waals surface area contributed by atoms with Gasteiger partial charge in [0.1, 0.15) is 0 Å². The van der Waals surface area contributed by atoms with Gasteiger partial charge in [0.15, 0.2) is 0 Å². The van der Waals surface area contributed by atoms with Crippen molar-refractivity contribution in [2.24, 2.45) is 0 Å². The van der Waals surface area contributed by atoms with E-state index in [1.807, 2.05) is 53.4 Å². The Kier molecular flexibility index (Phi) is 6.71. The number of nitrogens with zero attached hydrogens (tertiary/aromatic N) is 6. The van der Waals surface area contributed by atoms with E-state index in [4.69, 9.17) is 11.6 Å². The van der Waals surface area contributed by atoms with E-state index in [0.29, 0.717) is 25.2 Å². The number of halogens is 1. The van der Waals surface area contributed by atoms with E-state index in [0.717, 1.165) is 43.3 Å². The molecule has 0 spiro atoms. The van der Waals surface area contributed by atoms with Crippen molar-refractivity contribution in [1.82, 2.24) is 30.0 Å². The Morgan fingerprint density at radius 1 is 1.00 bits per heavy atom. The summed E-state index contributed by atoms with van der Waals surface area (Å²) in [6.07, 6.45) is 1.20. The van der Waals surface area contributed by atoms with Crippen LogP contribution in [0.3, 0.4) is 0 Å². The molecule has 0 atom stereocenters. The van der Waals surface area contributed by atoms with Crippen molar-refractivity contribution in [2.75, 3.05) is 26.2 Å². The maximum absolute atomic E-state index is 12.5. The number of carbonyl (C=O) groups excluding carboxylic acids is 1. The SMILES string of the molecule is O=C(CCCn1nnc(-c2ccccc2)n1)N1CCN(Cc2cccc(Cl)c2)CC1. The first-order valence-electron chi connectivity index (χ1n) is 10.3. The van der Waals surface area contributed by atoms with Gasteiger partial charge in [0, 0.05) is 49.7 Å². The molecule has 8 heteroatoms. The number of aromatic nitrogens is 4. The van der Waals surface area contributed by atoms with Gasteiger partial charge in [-0.05, 0) is 29.3 Å². The summed E-state index contributed by atoms with van der Waals surface area (Å²) in [5, 5.41) is 13.3. The summed E-state index contributed by atoms with van der Waals surface area (Å²) < 4.78 is 0. The van der Waals surface area contributed by atoms with Gasteiger partial charge in [0.25, 0.3) is 0 Å². The molecule has 4 rings (SSSR count). The molecule has 3 aromatic rings. The summed E-state index contributed by atoms with van der Waals surface area (Å²) in [6, 6.07) is 17.7. The average Bonchev–Trinajstić information content (AvgIpc) is 3.24. The first-order valence-corrected chi connectivity index (χ1v) is 10.6. The normalized spacial score (nSPS) is 14.8. The Balaban J connectivity index is 1.19. The van der Waals surface area contributed by atoms with Gasteiger partial charge in [-0.15, -0.1) is 10.2 Å². The van der Waals surface area contributed by atoms with E-state index in [-0.39, 0.29) is 5.91 Å². The van der Waals surface area contributed by atoms with Crippen LogP contribution in [0, 0.1) is 0 Å². The molecule has 0 bridgehead atoms. The fourth-order valence-corrected chi connectivity index (χ4v) is 3.83. The molecular weight excluding hydrogens is 400 g/mol. The second-order valence-corrected chi connectivity index (χ2v) is 7.90. The van der Waals surface area contributed by atoms with Crippen LogP contribution in [-0.4, -0.2) is 62.1 Å². The molecule has 0 N–H and O–H groups in total. The zero-order valence-corrected chi connectivity index (χ0v) is 17.6. The standard InChI is InChI=1S/C22H25ClN6O/c23-20-9-4-6-18(16-20)17-27-12-14-28(15-13-27)21(30)10-5-11-29-25-22(24-26-29)19-7-2-1-3-8-19/h1-4,6-9,16H,5,10-15,17H2. The number of piperazine rings is 1. The first kappa shape index (κ1) is 20.5. The minimum absolute atomic E-state index is 0.195. The molecule has 1 amide bonds. The second kappa shape index (κ2) is 9.82. The molecule has 30 heavy (non-hydrogen) atoms. The monoisotopic (exact) mass is 424 g/mol. The van der Waals surface area contributed by atoms with Gasteiger partial charge >= 0.3 is 0 Å². The maximum atomic E-state index is 12.5. The minimum atomic E-state index is 0.195. The molecule has 1 aliphatic heterocycles. The average molecular weight is 425 g/mol. The summed E-state index contributed by atoms with van der Waals surface area (Å²) in [6.45, 7) is 4.73. The highest BCUT2D eigenvalue weighted by atomic mass is 35.5. The van der Waals surface area contributed by atoms with Crippen molar-refractivity contribution in [1.29, 1.82) is 0 Å². The van der Waals surface area contributed by atoms with E-state index < -0.39 is 0 Å². The van der Waals surface area contributed by atoms with Crippen molar-refractivity contribution < 1.29 is 4.79 Å². The largest absolute Gasteiger partial charge is 0.340 e. The summed E-state index contributed by atoms with van der Waals surface area (Å²) in [4.78, 5) is 18.4. The van der Waals surface area contributed by atoms with E-state index in [1.165, 1.54) is 5.56 Å². The van der Waals surface area contributed by atoms with Gasteiger partial charge in [0.05, 0.1) is 6.54 Å². The van der Waals surface area contributed by atoms with Crippen LogP contribution in [0.25, 0.3) is 11.4 Å². The number of amides is 1. The van der Waals surface area contributed by atoms with E-state index in [1.54, 1.807) is 4.80 Å². The van der Waals surface area contributed by atoms with E-state index >= 15 is 0 Å². The van der Waals surface area contributed by atoms with E-state index in [9.17, 15) is 4.79 Å². The Bertz CT molecular complexity index is 969.